The molecule has 1 atom stereocenters. The van der Waals surface area contributed by atoms with Crippen molar-refractivity contribution in [3.63, 3.8) is 0 Å². The molecule has 0 amide bonds. The molecule has 2 nitrogen and oxygen atoms in total. The summed E-state index contributed by atoms with van der Waals surface area (Å²) in [5, 5.41) is 7.10. The minimum Gasteiger partial charge on any atom is -0.480 e. The molecule has 0 aliphatic heterocycles. The van der Waals surface area contributed by atoms with E-state index in [1.54, 1.807) is 0 Å². The Bertz CT molecular complexity index is 64.0. The third-order valence-corrected chi connectivity index (χ3v) is 0.527. The smallest absolute Gasteiger partial charge is 0.321 e. The first-order valence-electron chi connectivity index (χ1n) is 1.51. The second kappa shape index (κ2) is 4.54. The van der Waals surface area contributed by atoms with Crippen LogP contribution in [0.4, 0.5) is 0 Å². The largest absolute Gasteiger partial charge is 0.480 e. The van der Waals surface area contributed by atoms with Gasteiger partial charge in [0, 0.05) is 19.5 Å². The molecule has 4 heteroatoms. The van der Waals surface area contributed by atoms with Crippen LogP contribution in [0.25, 0.3) is 0 Å². The van der Waals surface area contributed by atoms with E-state index >= 15 is 0 Å². The zero-order chi connectivity index (χ0) is 5.15. The summed E-state index contributed by atoms with van der Waals surface area (Å²) >= 11 is 5.01. The SMILES string of the molecule is CC(Cl)C(=O)O.[Zn]. The van der Waals surface area contributed by atoms with Gasteiger partial charge in [0.05, 0.1) is 0 Å². The Morgan fingerprint density at radius 1 is 1.86 bits per heavy atom. The first-order chi connectivity index (χ1) is 2.64. The number of hydrogen-bond acceptors (Lipinski definition) is 1. The molecule has 0 saturated carbocycles. The van der Waals surface area contributed by atoms with E-state index in [0.29, 0.717) is 0 Å². The molecule has 0 heterocycles. The second-order valence-electron chi connectivity index (χ2n) is 0.954. The maximum Gasteiger partial charge on any atom is 0.321 e. The van der Waals surface area contributed by atoms with Gasteiger partial charge in [-0.1, -0.05) is 0 Å². The van der Waals surface area contributed by atoms with Gasteiger partial charge in [0.15, 0.2) is 0 Å². The summed E-state index contributed by atoms with van der Waals surface area (Å²) in [5.74, 6) is -0.975. The molecule has 0 spiro atoms. The molecular formula is C3H5ClO2Zn. The predicted molar refractivity (Wildman–Crippen MR) is 23.0 cm³/mol. The van der Waals surface area contributed by atoms with Crippen LogP contribution in [-0.4, -0.2) is 16.5 Å². The Labute approximate surface area is 59.6 Å². The molecule has 0 bridgehead atoms. The first kappa shape index (κ1) is 10.4. The predicted octanol–water partition coefficient (Wildman–Crippen LogP) is 0.696. The van der Waals surface area contributed by atoms with Crippen molar-refractivity contribution in [2.24, 2.45) is 0 Å². The average molecular weight is 174 g/mol. The van der Waals surface area contributed by atoms with E-state index in [2.05, 4.69) is 0 Å². The standard InChI is InChI=1S/C3H5ClO2.Zn/c1-2(4)3(5)6;/h2H,1H3,(H,5,6);. The molecule has 0 saturated heterocycles. The molecule has 0 radical (unpaired) electrons. The fourth-order valence-electron chi connectivity index (χ4n) is 0. The van der Waals surface area contributed by atoms with Crippen molar-refractivity contribution >= 4 is 17.6 Å². The van der Waals surface area contributed by atoms with E-state index in [-0.39, 0.29) is 19.5 Å². The number of carboxylic acids is 1. The number of hydrogen-bond donors (Lipinski definition) is 1. The van der Waals surface area contributed by atoms with Crippen molar-refractivity contribution in [1.29, 1.82) is 0 Å². The van der Waals surface area contributed by atoms with Crippen LogP contribution >= 0.6 is 11.6 Å². The molecule has 0 fully saturated rings. The van der Waals surface area contributed by atoms with Gasteiger partial charge in [-0.2, -0.15) is 0 Å². The number of halogens is 1. The van der Waals surface area contributed by atoms with Crippen molar-refractivity contribution in [2.45, 2.75) is 12.3 Å². The van der Waals surface area contributed by atoms with Crippen LogP contribution < -0.4 is 0 Å². The van der Waals surface area contributed by atoms with E-state index in [0.717, 1.165) is 0 Å². The Morgan fingerprint density at radius 3 is 2.00 bits per heavy atom. The molecule has 0 aromatic carbocycles. The number of aliphatic carboxylic acids is 1. The van der Waals surface area contributed by atoms with E-state index in [1.807, 2.05) is 0 Å². The zero-order valence-corrected chi connectivity index (χ0v) is 7.74. The van der Waals surface area contributed by atoms with Crippen LogP contribution in [0.5, 0.6) is 0 Å². The van der Waals surface area contributed by atoms with Gasteiger partial charge in [0.25, 0.3) is 0 Å². The summed E-state index contributed by atoms with van der Waals surface area (Å²) in [6.45, 7) is 1.41. The summed E-state index contributed by atoms with van der Waals surface area (Å²) in [5.41, 5.74) is 0. The van der Waals surface area contributed by atoms with Gasteiger partial charge in [-0.05, 0) is 6.92 Å². The normalized spacial score (nSPS) is 11.7. The second-order valence-corrected chi connectivity index (χ2v) is 1.61. The maximum absolute atomic E-state index is 9.57. The number of alkyl halides is 1. The minimum absolute atomic E-state index is 0. The minimum atomic E-state index is -0.975. The molecule has 0 aliphatic carbocycles. The van der Waals surface area contributed by atoms with E-state index in [1.165, 1.54) is 6.92 Å². The summed E-state index contributed by atoms with van der Waals surface area (Å²) in [6, 6.07) is 0. The quantitative estimate of drug-likeness (QED) is 0.469. The summed E-state index contributed by atoms with van der Waals surface area (Å²) in [7, 11) is 0. The van der Waals surface area contributed by atoms with Crippen molar-refractivity contribution in [2.75, 3.05) is 0 Å². The van der Waals surface area contributed by atoms with Crippen LogP contribution in [0, 0.1) is 0 Å². The number of carbonyl (C=O) groups is 1. The Hall–Kier alpha value is 0.383. The summed E-state index contributed by atoms with van der Waals surface area (Å²) < 4.78 is 0. The first-order valence-corrected chi connectivity index (χ1v) is 1.95. The van der Waals surface area contributed by atoms with Crippen molar-refractivity contribution in [1.82, 2.24) is 0 Å². The molecule has 7 heavy (non-hydrogen) atoms. The van der Waals surface area contributed by atoms with Gasteiger partial charge < -0.3 is 5.11 Å². The van der Waals surface area contributed by atoms with Crippen LogP contribution in [0.3, 0.4) is 0 Å². The molecule has 0 aromatic heterocycles. The van der Waals surface area contributed by atoms with Gasteiger partial charge in [0.1, 0.15) is 5.38 Å². The summed E-state index contributed by atoms with van der Waals surface area (Å²) in [4.78, 5) is 9.57. The van der Waals surface area contributed by atoms with Gasteiger partial charge in [-0.25, -0.2) is 0 Å². The number of carboxylic acid groups (broad SMARTS) is 1. The average Bonchev–Trinajstić information content (AvgIpc) is 1.36. The fraction of sp³-hybridized carbons (Fsp3) is 0.667. The Morgan fingerprint density at radius 2 is 2.00 bits per heavy atom. The van der Waals surface area contributed by atoms with Gasteiger partial charge in [-0.3, -0.25) is 4.79 Å². The Kier molecular flexibility index (Phi) is 6.73. The maximum atomic E-state index is 9.57. The van der Waals surface area contributed by atoms with Crippen molar-refractivity contribution in [3.8, 4) is 0 Å². The van der Waals surface area contributed by atoms with Crippen molar-refractivity contribution in [3.05, 3.63) is 0 Å². The van der Waals surface area contributed by atoms with Crippen molar-refractivity contribution < 1.29 is 29.4 Å². The van der Waals surface area contributed by atoms with Crippen LogP contribution in [0.2, 0.25) is 0 Å². The molecule has 1 N–H and O–H groups in total. The van der Waals surface area contributed by atoms with Gasteiger partial charge in [-0.15, -0.1) is 11.6 Å². The zero-order valence-electron chi connectivity index (χ0n) is 4.02. The van der Waals surface area contributed by atoms with E-state index in [4.69, 9.17) is 16.7 Å². The van der Waals surface area contributed by atoms with Crippen LogP contribution in [0.1, 0.15) is 6.92 Å². The van der Waals surface area contributed by atoms with Gasteiger partial charge in [0.2, 0.25) is 0 Å². The van der Waals surface area contributed by atoms with Crippen LogP contribution in [0.15, 0.2) is 0 Å². The molecular weight excluding hydrogens is 169 g/mol. The molecule has 38 valence electrons. The van der Waals surface area contributed by atoms with E-state index in [9.17, 15) is 4.79 Å². The molecule has 1 unspecified atom stereocenters. The summed E-state index contributed by atoms with van der Waals surface area (Å²) in [6.07, 6.45) is 0. The van der Waals surface area contributed by atoms with E-state index < -0.39 is 11.3 Å². The number of rotatable bonds is 1. The Balaban J connectivity index is 0. The monoisotopic (exact) mass is 172 g/mol. The molecule has 0 aromatic rings. The third-order valence-electron chi connectivity index (χ3n) is 0.340. The van der Waals surface area contributed by atoms with Gasteiger partial charge >= 0.3 is 5.97 Å². The fourth-order valence-corrected chi connectivity index (χ4v) is 0. The van der Waals surface area contributed by atoms with Crippen LogP contribution in [-0.2, 0) is 24.3 Å². The third kappa shape index (κ3) is 6.38. The molecule has 0 aliphatic rings. The topological polar surface area (TPSA) is 37.3 Å². The molecule has 0 rings (SSSR count).